The van der Waals surface area contributed by atoms with Gasteiger partial charge in [-0.15, -0.1) is 0 Å². The Labute approximate surface area is 94.2 Å². The van der Waals surface area contributed by atoms with Crippen molar-refractivity contribution in [2.45, 2.75) is 6.42 Å². The second kappa shape index (κ2) is 6.35. The zero-order valence-electron chi connectivity index (χ0n) is 8.76. The van der Waals surface area contributed by atoms with Gasteiger partial charge in [0.15, 0.2) is 0 Å². The summed E-state index contributed by atoms with van der Waals surface area (Å²) in [5, 5.41) is 15.6. The van der Waals surface area contributed by atoms with Gasteiger partial charge in [-0.2, -0.15) is 0 Å². The van der Waals surface area contributed by atoms with E-state index in [1.807, 2.05) is 36.4 Å². The largest absolute Gasteiger partial charge is 0.481 e. The highest BCUT2D eigenvalue weighted by Crippen LogP contribution is 2.03. The van der Waals surface area contributed by atoms with Crippen LogP contribution in [0, 0.1) is 5.41 Å². The minimum Gasteiger partial charge on any atom is -0.481 e. The Morgan fingerprint density at radius 3 is 2.56 bits per heavy atom. The van der Waals surface area contributed by atoms with E-state index in [0.29, 0.717) is 5.57 Å². The predicted octanol–water partition coefficient (Wildman–Crippen LogP) is 2.75. The van der Waals surface area contributed by atoms with E-state index in [0.717, 1.165) is 11.8 Å². The number of hydrogen-bond donors (Lipinski definition) is 2. The van der Waals surface area contributed by atoms with Crippen LogP contribution in [0.1, 0.15) is 12.0 Å². The SMILES string of the molecule is N=C/C(=C\C=C\c1ccccc1)CC(=O)O. The number of hydrogen-bond acceptors (Lipinski definition) is 2. The third-order valence-electron chi connectivity index (χ3n) is 1.94. The molecule has 3 heteroatoms. The van der Waals surface area contributed by atoms with Gasteiger partial charge in [-0.1, -0.05) is 48.6 Å². The molecule has 0 aliphatic heterocycles. The number of carbonyl (C=O) groups is 1. The summed E-state index contributed by atoms with van der Waals surface area (Å²) in [5.74, 6) is -0.928. The van der Waals surface area contributed by atoms with Crippen molar-refractivity contribution in [2.75, 3.05) is 0 Å². The highest BCUT2D eigenvalue weighted by Gasteiger charge is 1.98. The Balaban J connectivity index is 2.66. The smallest absolute Gasteiger partial charge is 0.307 e. The molecule has 0 aromatic heterocycles. The first-order valence-electron chi connectivity index (χ1n) is 4.87. The lowest BCUT2D eigenvalue weighted by Gasteiger charge is -1.93. The van der Waals surface area contributed by atoms with E-state index >= 15 is 0 Å². The molecule has 0 saturated heterocycles. The molecule has 1 aromatic rings. The van der Waals surface area contributed by atoms with Gasteiger partial charge in [-0.25, -0.2) is 0 Å². The monoisotopic (exact) mass is 215 g/mol. The molecule has 0 saturated carbocycles. The number of nitrogens with one attached hydrogen (secondary N) is 1. The summed E-state index contributed by atoms with van der Waals surface area (Å²) < 4.78 is 0. The van der Waals surface area contributed by atoms with Gasteiger partial charge in [-0.3, -0.25) is 4.79 Å². The van der Waals surface area contributed by atoms with E-state index in [1.54, 1.807) is 12.2 Å². The van der Waals surface area contributed by atoms with Gasteiger partial charge in [0.1, 0.15) is 0 Å². The highest BCUT2D eigenvalue weighted by atomic mass is 16.4. The summed E-state index contributed by atoms with van der Waals surface area (Å²) in [7, 11) is 0. The number of carboxylic acid groups (broad SMARTS) is 1. The van der Waals surface area contributed by atoms with E-state index in [-0.39, 0.29) is 6.42 Å². The van der Waals surface area contributed by atoms with Crippen LogP contribution in [0.4, 0.5) is 0 Å². The Kier molecular flexibility index (Phi) is 4.73. The van der Waals surface area contributed by atoms with Gasteiger partial charge in [-0.05, 0) is 11.1 Å². The van der Waals surface area contributed by atoms with Crippen LogP contribution in [-0.2, 0) is 4.79 Å². The topological polar surface area (TPSA) is 61.2 Å². The molecular weight excluding hydrogens is 202 g/mol. The Hall–Kier alpha value is -2.16. The fraction of sp³-hybridized carbons (Fsp3) is 0.0769. The number of allylic oxidation sites excluding steroid dienone is 2. The van der Waals surface area contributed by atoms with Crippen LogP contribution in [0.2, 0.25) is 0 Å². The molecule has 3 nitrogen and oxygen atoms in total. The highest BCUT2D eigenvalue weighted by molar-refractivity contribution is 5.85. The number of aliphatic carboxylic acids is 1. The molecule has 0 bridgehead atoms. The van der Waals surface area contributed by atoms with Crippen molar-refractivity contribution in [1.29, 1.82) is 5.41 Å². The molecule has 1 rings (SSSR count). The Morgan fingerprint density at radius 1 is 1.31 bits per heavy atom. The molecule has 0 radical (unpaired) electrons. The molecular formula is C13H13NO2. The summed E-state index contributed by atoms with van der Waals surface area (Å²) in [6.45, 7) is 0. The zero-order chi connectivity index (χ0) is 11.8. The summed E-state index contributed by atoms with van der Waals surface area (Å²) in [4.78, 5) is 10.4. The standard InChI is InChI=1S/C13H13NO2/c14-10-12(9-13(15)16)8-4-7-11-5-2-1-3-6-11/h1-8,10,14H,9H2,(H,15,16)/b7-4+,12-8-,14-10?. The first kappa shape index (κ1) is 11.9. The lowest BCUT2D eigenvalue weighted by Crippen LogP contribution is -1.97. The average Bonchev–Trinajstić information content (AvgIpc) is 2.28. The van der Waals surface area contributed by atoms with Crippen LogP contribution in [0.15, 0.2) is 48.1 Å². The van der Waals surface area contributed by atoms with Crippen molar-refractivity contribution in [3.05, 3.63) is 53.6 Å². The molecule has 82 valence electrons. The second-order valence-electron chi connectivity index (χ2n) is 3.23. The van der Waals surface area contributed by atoms with Gasteiger partial charge in [0.25, 0.3) is 0 Å². The maximum absolute atomic E-state index is 10.4. The third kappa shape index (κ3) is 4.37. The van der Waals surface area contributed by atoms with Crippen molar-refractivity contribution >= 4 is 18.3 Å². The van der Waals surface area contributed by atoms with Crippen molar-refractivity contribution in [3.63, 3.8) is 0 Å². The molecule has 0 fully saturated rings. The van der Waals surface area contributed by atoms with Crippen LogP contribution >= 0.6 is 0 Å². The first-order valence-corrected chi connectivity index (χ1v) is 4.87. The summed E-state index contributed by atoms with van der Waals surface area (Å²) >= 11 is 0. The Morgan fingerprint density at radius 2 is 2.00 bits per heavy atom. The molecule has 0 atom stereocenters. The van der Waals surface area contributed by atoms with Gasteiger partial charge in [0.2, 0.25) is 0 Å². The van der Waals surface area contributed by atoms with Crippen LogP contribution < -0.4 is 0 Å². The van der Waals surface area contributed by atoms with Crippen LogP contribution in [-0.4, -0.2) is 17.3 Å². The molecule has 0 spiro atoms. The molecule has 0 aliphatic carbocycles. The summed E-state index contributed by atoms with van der Waals surface area (Å²) in [6, 6.07) is 9.69. The minimum absolute atomic E-state index is 0.122. The minimum atomic E-state index is -0.928. The number of rotatable bonds is 5. The summed E-state index contributed by atoms with van der Waals surface area (Å²) in [5.41, 5.74) is 1.51. The molecule has 2 N–H and O–H groups in total. The van der Waals surface area contributed by atoms with Crippen LogP contribution in [0.3, 0.4) is 0 Å². The maximum Gasteiger partial charge on any atom is 0.307 e. The maximum atomic E-state index is 10.4. The van der Waals surface area contributed by atoms with E-state index < -0.39 is 5.97 Å². The van der Waals surface area contributed by atoms with Crippen LogP contribution in [0.5, 0.6) is 0 Å². The summed E-state index contributed by atoms with van der Waals surface area (Å²) in [6.07, 6.45) is 6.18. The van der Waals surface area contributed by atoms with Crippen molar-refractivity contribution in [3.8, 4) is 0 Å². The normalized spacial score (nSPS) is 11.6. The third-order valence-corrected chi connectivity index (χ3v) is 1.94. The van der Waals surface area contributed by atoms with Crippen molar-refractivity contribution < 1.29 is 9.90 Å². The van der Waals surface area contributed by atoms with Gasteiger partial charge >= 0.3 is 5.97 Å². The zero-order valence-corrected chi connectivity index (χ0v) is 8.76. The molecule has 0 amide bonds. The first-order chi connectivity index (χ1) is 7.72. The lowest BCUT2D eigenvalue weighted by molar-refractivity contribution is -0.136. The fourth-order valence-electron chi connectivity index (χ4n) is 1.18. The predicted molar refractivity (Wildman–Crippen MR) is 64.6 cm³/mol. The molecule has 0 unspecified atom stereocenters. The Bertz CT molecular complexity index is 419. The van der Waals surface area contributed by atoms with Crippen molar-refractivity contribution in [2.24, 2.45) is 0 Å². The van der Waals surface area contributed by atoms with E-state index in [2.05, 4.69) is 0 Å². The van der Waals surface area contributed by atoms with E-state index in [1.165, 1.54) is 0 Å². The molecule has 0 aliphatic rings. The average molecular weight is 215 g/mol. The van der Waals surface area contributed by atoms with Gasteiger partial charge in [0.05, 0.1) is 6.42 Å². The van der Waals surface area contributed by atoms with Crippen LogP contribution in [0.25, 0.3) is 6.08 Å². The van der Waals surface area contributed by atoms with Gasteiger partial charge in [0, 0.05) is 6.21 Å². The van der Waals surface area contributed by atoms with Crippen molar-refractivity contribution in [1.82, 2.24) is 0 Å². The van der Waals surface area contributed by atoms with E-state index in [9.17, 15) is 4.79 Å². The number of benzene rings is 1. The van der Waals surface area contributed by atoms with Gasteiger partial charge < -0.3 is 10.5 Å². The molecule has 16 heavy (non-hydrogen) atoms. The quantitative estimate of drug-likeness (QED) is 0.586. The van der Waals surface area contributed by atoms with E-state index in [4.69, 9.17) is 10.5 Å². The molecule has 1 aromatic carbocycles. The fourth-order valence-corrected chi connectivity index (χ4v) is 1.18. The second-order valence-corrected chi connectivity index (χ2v) is 3.23. The lowest BCUT2D eigenvalue weighted by atomic mass is 10.1. The number of carboxylic acids is 1. The molecule has 0 heterocycles.